The zero-order valence-corrected chi connectivity index (χ0v) is 14.4. The Morgan fingerprint density at radius 2 is 2.08 bits per heavy atom. The minimum absolute atomic E-state index is 0.0170. The van der Waals surface area contributed by atoms with E-state index in [0.29, 0.717) is 23.7 Å². The van der Waals surface area contributed by atoms with Gasteiger partial charge in [-0.2, -0.15) is 0 Å². The summed E-state index contributed by atoms with van der Waals surface area (Å²) >= 11 is 5.75. The van der Waals surface area contributed by atoms with Crippen LogP contribution in [0, 0.1) is 10.1 Å². The van der Waals surface area contributed by atoms with Gasteiger partial charge in [-0.25, -0.2) is 0 Å². The number of hydrogen-bond donors (Lipinski definition) is 0. The quantitative estimate of drug-likeness (QED) is 0.313. The first-order valence-corrected chi connectivity index (χ1v) is 7.81. The monoisotopic (exact) mass is 361 g/mol. The van der Waals surface area contributed by atoms with Crippen molar-refractivity contribution in [3.8, 4) is 11.5 Å². The third-order valence-corrected chi connectivity index (χ3v) is 3.67. The van der Waals surface area contributed by atoms with Crippen molar-refractivity contribution in [2.75, 3.05) is 13.7 Å². The van der Waals surface area contributed by atoms with Crippen LogP contribution in [0.3, 0.4) is 0 Å². The number of para-hydroxylation sites is 1. The fourth-order valence-corrected chi connectivity index (χ4v) is 2.41. The summed E-state index contributed by atoms with van der Waals surface area (Å²) in [7, 11) is 1.51. The molecule has 7 heteroatoms. The van der Waals surface area contributed by atoms with E-state index in [0.717, 1.165) is 6.07 Å². The third kappa shape index (κ3) is 4.36. The Hall–Kier alpha value is -2.86. The standard InChI is InChI=1S/C18H16ClNO5/c1-3-25-17-6-4-5-12(18(17)24-2)8-10-16(21)13-7-9-14(19)15(11-13)20(22)23/h4-11H,3H2,1-2H3/b10-8+. The molecule has 0 spiro atoms. The first-order valence-electron chi connectivity index (χ1n) is 7.44. The Kier molecular flexibility index (Phi) is 6.14. The number of nitrogens with zero attached hydrogens (tertiary/aromatic N) is 1. The smallest absolute Gasteiger partial charge is 0.288 e. The maximum Gasteiger partial charge on any atom is 0.288 e. The molecule has 0 radical (unpaired) electrons. The third-order valence-electron chi connectivity index (χ3n) is 3.35. The van der Waals surface area contributed by atoms with Gasteiger partial charge in [-0.1, -0.05) is 23.7 Å². The molecule has 0 heterocycles. The predicted molar refractivity (Wildman–Crippen MR) is 95.6 cm³/mol. The lowest BCUT2D eigenvalue weighted by Crippen LogP contribution is -1.98. The van der Waals surface area contributed by atoms with Crippen LogP contribution >= 0.6 is 11.6 Å². The van der Waals surface area contributed by atoms with E-state index in [1.807, 2.05) is 6.92 Å². The highest BCUT2D eigenvalue weighted by atomic mass is 35.5. The summed E-state index contributed by atoms with van der Waals surface area (Å²) in [6.07, 6.45) is 2.89. The molecule has 0 saturated heterocycles. The van der Waals surface area contributed by atoms with Crippen molar-refractivity contribution < 1.29 is 19.2 Å². The van der Waals surface area contributed by atoms with Crippen LogP contribution in [0.4, 0.5) is 5.69 Å². The van der Waals surface area contributed by atoms with Crippen molar-refractivity contribution in [1.29, 1.82) is 0 Å². The normalized spacial score (nSPS) is 10.7. The van der Waals surface area contributed by atoms with Gasteiger partial charge in [0.05, 0.1) is 18.6 Å². The summed E-state index contributed by atoms with van der Waals surface area (Å²) in [5.74, 6) is 0.695. The van der Waals surface area contributed by atoms with E-state index in [4.69, 9.17) is 21.1 Å². The fourth-order valence-electron chi connectivity index (χ4n) is 2.22. The van der Waals surface area contributed by atoms with Crippen molar-refractivity contribution in [2.24, 2.45) is 0 Å². The van der Waals surface area contributed by atoms with Gasteiger partial charge in [0.2, 0.25) is 0 Å². The number of nitro groups is 1. The second kappa shape index (κ2) is 8.30. The molecule has 0 unspecified atom stereocenters. The predicted octanol–water partition coefficient (Wildman–Crippen LogP) is 4.55. The largest absolute Gasteiger partial charge is 0.492 e. The first kappa shape index (κ1) is 18.5. The molecule has 0 aliphatic carbocycles. The Morgan fingerprint density at radius 3 is 2.72 bits per heavy atom. The molecule has 2 rings (SSSR count). The SMILES string of the molecule is CCOc1cccc(/C=C/C(=O)c2ccc(Cl)c([N+](=O)[O-])c2)c1OC. The second-order valence-corrected chi connectivity index (χ2v) is 5.34. The van der Waals surface area contributed by atoms with Crippen LogP contribution in [0.25, 0.3) is 6.08 Å². The number of ketones is 1. The number of hydrogen-bond acceptors (Lipinski definition) is 5. The van der Waals surface area contributed by atoms with Crippen LogP contribution in [0.15, 0.2) is 42.5 Å². The van der Waals surface area contributed by atoms with E-state index >= 15 is 0 Å². The van der Waals surface area contributed by atoms with E-state index in [1.165, 1.54) is 25.3 Å². The minimum atomic E-state index is -0.628. The number of carbonyl (C=O) groups is 1. The number of halogens is 1. The molecule has 0 saturated carbocycles. The molecule has 25 heavy (non-hydrogen) atoms. The molecular weight excluding hydrogens is 346 g/mol. The molecule has 0 aliphatic rings. The van der Waals surface area contributed by atoms with E-state index in [2.05, 4.69) is 0 Å². The van der Waals surface area contributed by atoms with E-state index in [9.17, 15) is 14.9 Å². The van der Waals surface area contributed by atoms with Gasteiger partial charge in [0.25, 0.3) is 5.69 Å². The highest BCUT2D eigenvalue weighted by Crippen LogP contribution is 2.32. The zero-order chi connectivity index (χ0) is 18.4. The molecule has 0 amide bonds. The Morgan fingerprint density at radius 1 is 1.32 bits per heavy atom. The van der Waals surface area contributed by atoms with Gasteiger partial charge in [-0.3, -0.25) is 14.9 Å². The summed E-state index contributed by atoms with van der Waals surface area (Å²) in [4.78, 5) is 22.6. The molecule has 0 atom stereocenters. The fraction of sp³-hybridized carbons (Fsp3) is 0.167. The topological polar surface area (TPSA) is 78.7 Å². The average molecular weight is 362 g/mol. The summed E-state index contributed by atoms with van der Waals surface area (Å²) in [5, 5.41) is 10.9. The van der Waals surface area contributed by atoms with Gasteiger partial charge in [0, 0.05) is 17.2 Å². The van der Waals surface area contributed by atoms with Crippen LogP contribution in [0.1, 0.15) is 22.8 Å². The summed E-state index contributed by atoms with van der Waals surface area (Å²) in [5.41, 5.74) is 0.523. The van der Waals surface area contributed by atoms with Gasteiger partial charge in [0.1, 0.15) is 5.02 Å². The summed E-state index contributed by atoms with van der Waals surface area (Å²) in [6, 6.07) is 9.25. The molecule has 0 N–H and O–H groups in total. The zero-order valence-electron chi connectivity index (χ0n) is 13.7. The van der Waals surface area contributed by atoms with Crippen molar-refractivity contribution >= 4 is 29.1 Å². The molecule has 0 aromatic heterocycles. The molecule has 0 bridgehead atoms. The Labute approximate surface area is 149 Å². The number of methoxy groups -OCH3 is 1. The van der Waals surface area contributed by atoms with Crippen LogP contribution in [0.5, 0.6) is 11.5 Å². The molecule has 2 aromatic carbocycles. The highest BCUT2D eigenvalue weighted by Gasteiger charge is 2.15. The lowest BCUT2D eigenvalue weighted by molar-refractivity contribution is -0.384. The lowest BCUT2D eigenvalue weighted by Gasteiger charge is -2.11. The van der Waals surface area contributed by atoms with Crippen LogP contribution in [-0.2, 0) is 0 Å². The summed E-state index contributed by atoms with van der Waals surface area (Å²) < 4.78 is 10.8. The molecule has 0 fully saturated rings. The molecule has 6 nitrogen and oxygen atoms in total. The van der Waals surface area contributed by atoms with Gasteiger partial charge in [-0.05, 0) is 37.3 Å². The van der Waals surface area contributed by atoms with Gasteiger partial charge in [0.15, 0.2) is 17.3 Å². The van der Waals surface area contributed by atoms with Crippen LogP contribution < -0.4 is 9.47 Å². The van der Waals surface area contributed by atoms with Crippen molar-refractivity contribution in [1.82, 2.24) is 0 Å². The first-order chi connectivity index (χ1) is 12.0. The Bertz CT molecular complexity index is 832. The molecule has 0 aliphatic heterocycles. The van der Waals surface area contributed by atoms with Gasteiger partial charge in [-0.15, -0.1) is 0 Å². The highest BCUT2D eigenvalue weighted by molar-refractivity contribution is 6.32. The second-order valence-electron chi connectivity index (χ2n) is 4.93. The van der Waals surface area contributed by atoms with Gasteiger partial charge >= 0.3 is 0 Å². The number of benzene rings is 2. The van der Waals surface area contributed by atoms with E-state index in [-0.39, 0.29) is 22.1 Å². The molecule has 2 aromatic rings. The Balaban J connectivity index is 2.31. The van der Waals surface area contributed by atoms with Crippen LogP contribution in [-0.4, -0.2) is 24.4 Å². The maximum absolute atomic E-state index is 12.3. The van der Waals surface area contributed by atoms with Crippen LogP contribution in [0.2, 0.25) is 5.02 Å². The maximum atomic E-state index is 12.3. The van der Waals surface area contributed by atoms with Crippen molar-refractivity contribution in [2.45, 2.75) is 6.92 Å². The lowest BCUT2D eigenvalue weighted by atomic mass is 10.1. The molecular formula is C18H16ClNO5. The summed E-state index contributed by atoms with van der Waals surface area (Å²) in [6.45, 7) is 2.34. The van der Waals surface area contributed by atoms with Gasteiger partial charge < -0.3 is 9.47 Å². The van der Waals surface area contributed by atoms with E-state index < -0.39 is 4.92 Å². The molecule has 130 valence electrons. The van der Waals surface area contributed by atoms with Crippen molar-refractivity contribution in [3.63, 3.8) is 0 Å². The minimum Gasteiger partial charge on any atom is -0.492 e. The number of rotatable bonds is 7. The number of carbonyl (C=O) groups excluding carboxylic acids is 1. The average Bonchev–Trinajstić information content (AvgIpc) is 2.60. The van der Waals surface area contributed by atoms with E-state index in [1.54, 1.807) is 24.3 Å². The number of ether oxygens (including phenoxy) is 2. The number of allylic oxidation sites excluding steroid dienone is 1. The number of nitro benzene ring substituents is 1. The van der Waals surface area contributed by atoms with Crippen molar-refractivity contribution in [3.05, 3.63) is 68.7 Å².